The summed E-state index contributed by atoms with van der Waals surface area (Å²) < 4.78 is 39.9. The zero-order chi connectivity index (χ0) is 13.3. The molecular weight excluding hydrogens is 249 g/mol. The van der Waals surface area contributed by atoms with Gasteiger partial charge in [-0.15, -0.1) is 5.10 Å². The van der Waals surface area contributed by atoms with Crippen molar-refractivity contribution in [2.24, 2.45) is 7.05 Å². The van der Waals surface area contributed by atoms with Crippen LogP contribution in [0.25, 0.3) is 0 Å². The first kappa shape index (κ1) is 12.6. The summed E-state index contributed by atoms with van der Waals surface area (Å²) in [7, 11) is 1.70. The lowest BCUT2D eigenvalue weighted by atomic mass is 10.2. The molecule has 0 fully saturated rings. The minimum Gasteiger partial charge on any atom is -0.379 e. The molecule has 0 aliphatic carbocycles. The van der Waals surface area contributed by atoms with Crippen molar-refractivity contribution in [3.8, 4) is 0 Å². The number of nitrogens with zero attached hydrogens (tertiary/aromatic N) is 4. The second-order valence-electron chi connectivity index (χ2n) is 3.94. The molecule has 0 aromatic carbocycles. The Bertz CT molecular complexity index is 531. The van der Waals surface area contributed by atoms with E-state index in [0.29, 0.717) is 12.2 Å². The fourth-order valence-electron chi connectivity index (χ4n) is 1.56. The maximum atomic E-state index is 12.3. The molecule has 1 atom stereocenters. The first-order valence-electron chi connectivity index (χ1n) is 5.12. The standard InChI is InChI=1S/C10H11F3N4O/c1-16-5-8(14-15-16)6-17-3-2-7(4-17)9(18)10(11,12)13/h2-5,9,18H,6H2,1H3. The number of aliphatic hydroxyl groups excluding tert-OH is 1. The normalized spacial score (nSPS) is 13.8. The summed E-state index contributed by atoms with van der Waals surface area (Å²) in [5.41, 5.74) is 0.438. The fourth-order valence-corrected chi connectivity index (χ4v) is 1.56. The second-order valence-corrected chi connectivity index (χ2v) is 3.94. The van der Waals surface area contributed by atoms with E-state index in [1.54, 1.807) is 13.2 Å². The van der Waals surface area contributed by atoms with Crippen LogP contribution in [0.15, 0.2) is 24.7 Å². The predicted molar refractivity (Wildman–Crippen MR) is 55.6 cm³/mol. The molecule has 18 heavy (non-hydrogen) atoms. The smallest absolute Gasteiger partial charge is 0.379 e. The Kier molecular flexibility index (Phi) is 3.12. The summed E-state index contributed by atoms with van der Waals surface area (Å²) in [4.78, 5) is 0. The van der Waals surface area contributed by atoms with Crippen LogP contribution in [0.1, 0.15) is 17.4 Å². The maximum absolute atomic E-state index is 12.3. The Hall–Kier alpha value is -1.83. The lowest BCUT2D eigenvalue weighted by Gasteiger charge is -2.12. The van der Waals surface area contributed by atoms with Gasteiger partial charge in [0, 0.05) is 31.2 Å². The van der Waals surface area contributed by atoms with Crippen molar-refractivity contribution in [1.29, 1.82) is 0 Å². The molecule has 0 aliphatic rings. The molecule has 98 valence electrons. The lowest BCUT2D eigenvalue weighted by molar-refractivity contribution is -0.206. The Morgan fingerprint density at radius 1 is 1.39 bits per heavy atom. The highest BCUT2D eigenvalue weighted by Gasteiger charge is 2.39. The summed E-state index contributed by atoms with van der Waals surface area (Å²) in [5.74, 6) is 0. The van der Waals surface area contributed by atoms with Crippen LogP contribution in [0.4, 0.5) is 13.2 Å². The summed E-state index contributed by atoms with van der Waals surface area (Å²) >= 11 is 0. The maximum Gasteiger partial charge on any atom is 0.418 e. The molecule has 1 N–H and O–H groups in total. The van der Waals surface area contributed by atoms with Gasteiger partial charge in [-0.3, -0.25) is 4.68 Å². The van der Waals surface area contributed by atoms with Crippen molar-refractivity contribution in [3.63, 3.8) is 0 Å². The summed E-state index contributed by atoms with van der Waals surface area (Å²) in [5, 5.41) is 16.6. The zero-order valence-electron chi connectivity index (χ0n) is 9.46. The second kappa shape index (κ2) is 4.45. The molecule has 0 aliphatic heterocycles. The number of halogens is 3. The van der Waals surface area contributed by atoms with Crippen molar-refractivity contribution in [2.75, 3.05) is 0 Å². The quantitative estimate of drug-likeness (QED) is 0.904. The number of alkyl halides is 3. The van der Waals surface area contributed by atoms with Crippen LogP contribution in [-0.2, 0) is 13.6 Å². The van der Waals surface area contributed by atoms with Gasteiger partial charge in [-0.2, -0.15) is 13.2 Å². The number of aromatic nitrogens is 4. The summed E-state index contributed by atoms with van der Waals surface area (Å²) in [6, 6.07) is 1.23. The van der Waals surface area contributed by atoms with Crippen LogP contribution in [0.2, 0.25) is 0 Å². The van der Waals surface area contributed by atoms with E-state index < -0.39 is 12.3 Å². The molecule has 0 radical (unpaired) electrons. The number of hydrogen-bond donors (Lipinski definition) is 1. The van der Waals surface area contributed by atoms with Gasteiger partial charge < -0.3 is 9.67 Å². The van der Waals surface area contributed by atoms with Crippen LogP contribution >= 0.6 is 0 Å². The Balaban J connectivity index is 2.11. The van der Waals surface area contributed by atoms with Gasteiger partial charge in [0.1, 0.15) is 5.69 Å². The number of aliphatic hydroxyl groups is 1. The third-order valence-corrected chi connectivity index (χ3v) is 2.39. The number of hydrogen-bond acceptors (Lipinski definition) is 3. The molecule has 0 bridgehead atoms. The molecule has 0 saturated heterocycles. The van der Waals surface area contributed by atoms with Gasteiger partial charge in [-0.05, 0) is 6.07 Å². The van der Waals surface area contributed by atoms with E-state index in [4.69, 9.17) is 5.11 Å². The molecule has 1 unspecified atom stereocenters. The Morgan fingerprint density at radius 2 is 2.11 bits per heavy atom. The SMILES string of the molecule is Cn1cc(Cn2ccc(C(O)C(F)(F)F)c2)nn1. The lowest BCUT2D eigenvalue weighted by Crippen LogP contribution is -2.19. The van der Waals surface area contributed by atoms with Gasteiger partial charge in [0.15, 0.2) is 6.10 Å². The molecular formula is C10H11F3N4O. The van der Waals surface area contributed by atoms with Gasteiger partial charge >= 0.3 is 6.18 Å². The minimum atomic E-state index is -4.65. The highest BCUT2D eigenvalue weighted by atomic mass is 19.4. The van der Waals surface area contributed by atoms with Crippen LogP contribution in [0.3, 0.4) is 0 Å². The topological polar surface area (TPSA) is 55.9 Å². The van der Waals surface area contributed by atoms with E-state index in [9.17, 15) is 13.2 Å². The van der Waals surface area contributed by atoms with Crippen LogP contribution < -0.4 is 0 Å². The largest absolute Gasteiger partial charge is 0.418 e. The molecule has 5 nitrogen and oxygen atoms in total. The zero-order valence-corrected chi connectivity index (χ0v) is 9.46. The van der Waals surface area contributed by atoms with Crippen LogP contribution in [0, 0.1) is 0 Å². The summed E-state index contributed by atoms with van der Waals surface area (Å²) in [6.07, 6.45) is -2.75. The minimum absolute atomic E-state index is 0.189. The number of aryl methyl sites for hydroxylation is 1. The summed E-state index contributed by atoms with van der Waals surface area (Å²) in [6.45, 7) is 0.304. The third kappa shape index (κ3) is 2.70. The molecule has 0 amide bonds. The molecule has 2 aromatic heterocycles. The molecule has 8 heteroatoms. The average molecular weight is 260 g/mol. The Labute approximate surface area is 100 Å². The Morgan fingerprint density at radius 3 is 2.67 bits per heavy atom. The molecule has 2 aromatic rings. The molecule has 2 rings (SSSR count). The number of rotatable bonds is 3. The third-order valence-electron chi connectivity index (χ3n) is 2.39. The molecule has 0 saturated carbocycles. The van der Waals surface area contributed by atoms with E-state index in [0.717, 1.165) is 0 Å². The van der Waals surface area contributed by atoms with Gasteiger partial charge in [0.05, 0.1) is 6.54 Å². The predicted octanol–water partition coefficient (Wildman–Crippen LogP) is 1.26. The van der Waals surface area contributed by atoms with Crippen molar-refractivity contribution < 1.29 is 18.3 Å². The van der Waals surface area contributed by atoms with Gasteiger partial charge in [0.2, 0.25) is 0 Å². The first-order chi connectivity index (χ1) is 8.36. The van der Waals surface area contributed by atoms with Crippen molar-refractivity contribution in [1.82, 2.24) is 19.6 Å². The van der Waals surface area contributed by atoms with Crippen molar-refractivity contribution in [2.45, 2.75) is 18.8 Å². The van der Waals surface area contributed by atoms with E-state index in [-0.39, 0.29) is 5.56 Å². The highest BCUT2D eigenvalue weighted by Crippen LogP contribution is 2.32. The molecule has 0 spiro atoms. The first-order valence-corrected chi connectivity index (χ1v) is 5.12. The van der Waals surface area contributed by atoms with Crippen molar-refractivity contribution >= 4 is 0 Å². The monoisotopic (exact) mass is 260 g/mol. The molecule has 2 heterocycles. The van der Waals surface area contributed by atoms with E-state index >= 15 is 0 Å². The van der Waals surface area contributed by atoms with Gasteiger partial charge in [-0.25, -0.2) is 0 Å². The van der Waals surface area contributed by atoms with E-state index in [1.807, 2.05) is 0 Å². The van der Waals surface area contributed by atoms with E-state index in [1.165, 1.54) is 27.7 Å². The average Bonchev–Trinajstić information content (AvgIpc) is 2.86. The van der Waals surface area contributed by atoms with Gasteiger partial charge in [0.25, 0.3) is 0 Å². The highest BCUT2D eigenvalue weighted by molar-refractivity contribution is 5.16. The van der Waals surface area contributed by atoms with Crippen LogP contribution in [0.5, 0.6) is 0 Å². The van der Waals surface area contributed by atoms with Crippen molar-refractivity contribution in [3.05, 3.63) is 35.9 Å². The fraction of sp³-hybridized carbons (Fsp3) is 0.400. The van der Waals surface area contributed by atoms with E-state index in [2.05, 4.69) is 10.3 Å². The van der Waals surface area contributed by atoms with Crippen LogP contribution in [-0.4, -0.2) is 30.8 Å². The van der Waals surface area contributed by atoms with Gasteiger partial charge in [-0.1, -0.05) is 5.21 Å².